The van der Waals surface area contributed by atoms with Gasteiger partial charge in [-0.1, -0.05) is 0 Å². The van der Waals surface area contributed by atoms with Crippen molar-refractivity contribution in [1.29, 1.82) is 0 Å². The zero-order valence-electron chi connectivity index (χ0n) is 5.18. The molecule has 0 saturated heterocycles. The molecule has 0 radical (unpaired) electrons. The lowest BCUT2D eigenvalue weighted by atomic mass is 10.2. The monoisotopic (exact) mass is 150 g/mol. The molecule has 0 spiro atoms. The maximum Gasteiger partial charge on any atom is 0.317 e. The van der Waals surface area contributed by atoms with Crippen molar-refractivity contribution in [2.24, 2.45) is 5.92 Å². The third-order valence-corrected chi connectivity index (χ3v) is 1.22. The minimum absolute atomic E-state index is 0.602. The molecule has 0 aromatic rings. The van der Waals surface area contributed by atoms with Crippen molar-refractivity contribution in [2.75, 3.05) is 7.11 Å². The maximum absolute atomic E-state index is 10.4. The largest absolute Gasteiger partial charge is 0.468 e. The van der Waals surface area contributed by atoms with Crippen LogP contribution in [0.5, 0.6) is 0 Å². The van der Waals surface area contributed by atoms with E-state index in [0.29, 0.717) is 0 Å². The fourth-order valence-electron chi connectivity index (χ4n) is 0.269. The van der Waals surface area contributed by atoms with Crippen molar-refractivity contribution in [2.45, 2.75) is 6.92 Å². The standard InChI is InChI=1S/C5H7ClO3/c1-3(4(6)7)5(8)9-2/h3H,1-2H3. The summed E-state index contributed by atoms with van der Waals surface area (Å²) in [5.41, 5.74) is 0. The van der Waals surface area contributed by atoms with E-state index in [1.54, 1.807) is 0 Å². The predicted octanol–water partition coefficient (Wildman–Crippen LogP) is 0.561. The minimum Gasteiger partial charge on any atom is -0.468 e. The highest BCUT2D eigenvalue weighted by atomic mass is 35.5. The fourth-order valence-corrected chi connectivity index (χ4v) is 0.359. The van der Waals surface area contributed by atoms with E-state index in [0.717, 1.165) is 0 Å². The molecule has 0 aromatic heterocycles. The summed E-state index contributed by atoms with van der Waals surface area (Å²) >= 11 is 4.96. The van der Waals surface area contributed by atoms with Crippen LogP contribution in [0.1, 0.15) is 6.92 Å². The second kappa shape index (κ2) is 3.45. The van der Waals surface area contributed by atoms with Gasteiger partial charge in [-0.3, -0.25) is 9.59 Å². The van der Waals surface area contributed by atoms with Crippen molar-refractivity contribution in [3.8, 4) is 0 Å². The van der Waals surface area contributed by atoms with Crippen LogP contribution in [0.25, 0.3) is 0 Å². The van der Waals surface area contributed by atoms with Gasteiger partial charge in [-0.2, -0.15) is 0 Å². The average Bonchev–Trinajstić information content (AvgIpc) is 1.84. The van der Waals surface area contributed by atoms with Gasteiger partial charge in [-0.15, -0.1) is 0 Å². The molecule has 0 heterocycles. The molecule has 0 aliphatic carbocycles. The molecule has 0 amide bonds. The van der Waals surface area contributed by atoms with Crippen molar-refractivity contribution in [3.63, 3.8) is 0 Å². The number of hydrogen-bond acceptors (Lipinski definition) is 3. The number of carbonyl (C=O) groups is 2. The Morgan fingerprint density at radius 2 is 2.00 bits per heavy atom. The molecule has 0 N–H and O–H groups in total. The third kappa shape index (κ3) is 2.46. The normalized spacial score (nSPS) is 12.3. The zero-order valence-corrected chi connectivity index (χ0v) is 5.94. The molecule has 3 nitrogen and oxygen atoms in total. The van der Waals surface area contributed by atoms with Gasteiger partial charge in [-0.05, 0) is 18.5 Å². The summed E-state index contributed by atoms with van der Waals surface area (Å²) in [4.78, 5) is 20.6. The molecule has 9 heavy (non-hydrogen) atoms. The number of esters is 1. The van der Waals surface area contributed by atoms with Crippen LogP contribution in [-0.2, 0) is 14.3 Å². The summed E-state index contributed by atoms with van der Waals surface area (Å²) in [7, 11) is 1.21. The number of hydrogen-bond donors (Lipinski definition) is 0. The molecule has 0 fully saturated rings. The van der Waals surface area contributed by atoms with Gasteiger partial charge >= 0.3 is 5.97 Å². The molecule has 0 saturated carbocycles. The smallest absolute Gasteiger partial charge is 0.317 e. The molecule has 52 valence electrons. The Hall–Kier alpha value is -0.570. The predicted molar refractivity (Wildman–Crippen MR) is 32.0 cm³/mol. The summed E-state index contributed by atoms with van der Waals surface area (Å²) in [6, 6.07) is 0. The van der Waals surface area contributed by atoms with Crippen LogP contribution in [0.3, 0.4) is 0 Å². The number of methoxy groups -OCH3 is 1. The highest BCUT2D eigenvalue weighted by molar-refractivity contribution is 6.65. The highest BCUT2D eigenvalue weighted by Gasteiger charge is 2.19. The van der Waals surface area contributed by atoms with Gasteiger partial charge in [0.2, 0.25) is 5.24 Å². The number of rotatable bonds is 2. The molecule has 1 atom stereocenters. The van der Waals surface area contributed by atoms with Gasteiger partial charge in [0.05, 0.1) is 7.11 Å². The Labute approximate surface area is 57.9 Å². The molecule has 0 bridgehead atoms. The molecule has 1 unspecified atom stereocenters. The first-order valence-corrected chi connectivity index (χ1v) is 2.74. The lowest BCUT2D eigenvalue weighted by molar-refractivity contribution is -0.146. The van der Waals surface area contributed by atoms with Crippen LogP contribution in [-0.4, -0.2) is 18.3 Å². The summed E-state index contributed by atoms with van der Waals surface area (Å²) < 4.78 is 4.23. The molecular weight excluding hydrogens is 144 g/mol. The Morgan fingerprint density at radius 1 is 1.56 bits per heavy atom. The van der Waals surface area contributed by atoms with Crippen molar-refractivity contribution in [1.82, 2.24) is 0 Å². The van der Waals surface area contributed by atoms with Crippen LogP contribution >= 0.6 is 11.6 Å². The van der Waals surface area contributed by atoms with Gasteiger partial charge < -0.3 is 4.74 Å². The van der Waals surface area contributed by atoms with E-state index in [4.69, 9.17) is 11.6 Å². The van der Waals surface area contributed by atoms with E-state index in [1.807, 2.05) is 0 Å². The topological polar surface area (TPSA) is 43.4 Å². The van der Waals surface area contributed by atoms with Crippen LogP contribution in [0.2, 0.25) is 0 Å². The van der Waals surface area contributed by atoms with E-state index < -0.39 is 17.1 Å². The Morgan fingerprint density at radius 3 is 2.11 bits per heavy atom. The van der Waals surface area contributed by atoms with Crippen LogP contribution in [0, 0.1) is 5.92 Å². The zero-order chi connectivity index (χ0) is 7.44. The van der Waals surface area contributed by atoms with E-state index in [1.165, 1.54) is 14.0 Å². The quantitative estimate of drug-likeness (QED) is 0.328. The number of carbonyl (C=O) groups excluding carboxylic acids is 2. The van der Waals surface area contributed by atoms with Crippen LogP contribution < -0.4 is 0 Å². The van der Waals surface area contributed by atoms with E-state index >= 15 is 0 Å². The Balaban J connectivity index is 3.88. The van der Waals surface area contributed by atoms with Crippen LogP contribution in [0.4, 0.5) is 0 Å². The molecule has 0 aliphatic rings. The molecule has 0 rings (SSSR count). The fraction of sp³-hybridized carbons (Fsp3) is 0.600. The molecule has 0 aromatic carbocycles. The number of ether oxygens (including phenoxy) is 1. The Kier molecular flexibility index (Phi) is 3.24. The summed E-state index contributed by atoms with van der Waals surface area (Å²) in [5.74, 6) is -1.45. The summed E-state index contributed by atoms with van der Waals surface area (Å²) in [5, 5.41) is -0.693. The lowest BCUT2D eigenvalue weighted by Crippen LogP contribution is -2.17. The van der Waals surface area contributed by atoms with Gasteiger partial charge in [0.15, 0.2) is 0 Å². The number of halogens is 1. The maximum atomic E-state index is 10.4. The van der Waals surface area contributed by atoms with Gasteiger partial charge in [-0.25, -0.2) is 0 Å². The summed E-state index contributed by atoms with van der Waals surface area (Å²) in [6.45, 7) is 1.39. The highest BCUT2D eigenvalue weighted by Crippen LogP contribution is 2.01. The van der Waals surface area contributed by atoms with E-state index in [-0.39, 0.29) is 0 Å². The van der Waals surface area contributed by atoms with Crippen LogP contribution in [0.15, 0.2) is 0 Å². The van der Waals surface area contributed by atoms with E-state index in [9.17, 15) is 9.59 Å². The van der Waals surface area contributed by atoms with Crippen molar-refractivity contribution < 1.29 is 14.3 Å². The minimum atomic E-state index is -0.850. The average molecular weight is 151 g/mol. The second-order valence-corrected chi connectivity index (χ2v) is 1.92. The summed E-state index contributed by atoms with van der Waals surface area (Å²) in [6.07, 6.45) is 0. The SMILES string of the molecule is COC(=O)C(C)C(=O)Cl. The van der Waals surface area contributed by atoms with Gasteiger partial charge in [0.1, 0.15) is 5.92 Å². The molecule has 0 aliphatic heterocycles. The molecular formula is C5H7ClO3. The van der Waals surface area contributed by atoms with E-state index in [2.05, 4.69) is 4.74 Å². The Bertz CT molecular complexity index is 132. The first-order chi connectivity index (χ1) is 4.09. The second-order valence-electron chi connectivity index (χ2n) is 1.55. The third-order valence-electron chi connectivity index (χ3n) is 0.895. The lowest BCUT2D eigenvalue weighted by Gasteiger charge is -2.00. The van der Waals surface area contributed by atoms with Gasteiger partial charge in [0, 0.05) is 0 Å². The van der Waals surface area contributed by atoms with Gasteiger partial charge in [0.25, 0.3) is 0 Å². The van der Waals surface area contributed by atoms with Crippen molar-refractivity contribution >= 4 is 22.8 Å². The first kappa shape index (κ1) is 8.43. The molecule has 4 heteroatoms. The van der Waals surface area contributed by atoms with Crippen molar-refractivity contribution in [3.05, 3.63) is 0 Å². The first-order valence-electron chi connectivity index (χ1n) is 2.36.